The first kappa shape index (κ1) is 20.9. The lowest BCUT2D eigenvalue weighted by molar-refractivity contribution is -0.0518. The van der Waals surface area contributed by atoms with E-state index in [0.29, 0.717) is 19.6 Å². The fourth-order valence-corrected chi connectivity index (χ4v) is 5.21. The Morgan fingerprint density at radius 1 is 0.808 bits per heavy atom. The zero-order valence-electron chi connectivity index (χ0n) is 12.3. The summed E-state index contributed by atoms with van der Waals surface area (Å²) in [7, 11) is -7.92. The zero-order chi connectivity index (χ0) is 19.8. The van der Waals surface area contributed by atoms with E-state index < -0.39 is 32.0 Å². The molecule has 0 saturated carbocycles. The van der Waals surface area contributed by atoms with Crippen molar-refractivity contribution in [3.05, 3.63) is 48.5 Å². The maximum Gasteiger partial charge on any atom is 0.586 e. The van der Waals surface area contributed by atoms with Crippen LogP contribution in [0.2, 0.25) is 0 Å². The van der Waals surface area contributed by atoms with Crippen LogP contribution in [0.5, 0.6) is 0 Å². The lowest BCUT2D eigenvalue weighted by Gasteiger charge is -2.19. The third-order valence-electron chi connectivity index (χ3n) is 2.87. The summed E-state index contributed by atoms with van der Waals surface area (Å²) in [5.74, 6) is 0. The molecule has 1 aliphatic heterocycles. The van der Waals surface area contributed by atoms with Gasteiger partial charge in [0, 0.05) is 0 Å². The van der Waals surface area contributed by atoms with E-state index in [1.807, 2.05) is 0 Å². The van der Waals surface area contributed by atoms with Crippen molar-refractivity contribution in [1.82, 2.24) is 0 Å². The molecule has 12 heteroatoms. The second-order valence-corrected chi connectivity index (χ2v) is 9.06. The van der Waals surface area contributed by atoms with Crippen LogP contribution in [0.1, 0.15) is 0 Å². The highest BCUT2D eigenvalue weighted by Crippen LogP contribution is 2.50. The summed E-state index contributed by atoms with van der Waals surface area (Å²) in [6.07, 6.45) is 0. The van der Waals surface area contributed by atoms with Crippen LogP contribution in [0.15, 0.2) is 68.1 Å². The van der Waals surface area contributed by atoms with Crippen molar-refractivity contribution in [2.24, 2.45) is 0 Å². The Balaban J connectivity index is 0.000000260. The molecule has 3 nitrogen and oxygen atoms in total. The molecule has 0 bridgehead atoms. The summed E-state index contributed by atoms with van der Waals surface area (Å²) in [6.45, 7) is 0. The summed E-state index contributed by atoms with van der Waals surface area (Å²) in [5.41, 5.74) is -9.87. The third kappa shape index (κ3) is 4.67. The molecule has 0 aliphatic carbocycles. The number of alkyl halides is 6. The van der Waals surface area contributed by atoms with Crippen LogP contribution in [-0.4, -0.2) is 24.0 Å². The summed E-state index contributed by atoms with van der Waals surface area (Å²) >= 11 is 1.41. The van der Waals surface area contributed by atoms with Crippen molar-refractivity contribution < 1.29 is 39.3 Å². The maximum absolute atomic E-state index is 13.3. The van der Waals surface area contributed by atoms with Gasteiger partial charge in [0.2, 0.25) is 0 Å². The van der Waals surface area contributed by atoms with Gasteiger partial charge < -0.3 is 4.55 Å². The smallest absolute Gasteiger partial charge is 0.586 e. The molecule has 0 fully saturated rings. The van der Waals surface area contributed by atoms with Crippen molar-refractivity contribution in [3.63, 3.8) is 0 Å². The second-order valence-electron chi connectivity index (χ2n) is 4.65. The van der Waals surface area contributed by atoms with Crippen LogP contribution in [0.3, 0.4) is 0 Å². The molecule has 0 radical (unpaired) electrons. The molecule has 26 heavy (non-hydrogen) atoms. The van der Waals surface area contributed by atoms with Crippen LogP contribution in [0.25, 0.3) is 0 Å². The van der Waals surface area contributed by atoms with E-state index >= 15 is 0 Å². The SMILES string of the molecule is FC(F)(F)[S+]1c2ccccc2Sc2ccccc21.O=S(=O)([O-])C(F)(F)F. The van der Waals surface area contributed by atoms with Crippen LogP contribution in [0.4, 0.5) is 26.3 Å². The highest BCUT2D eigenvalue weighted by molar-refractivity contribution is 8.04. The van der Waals surface area contributed by atoms with Crippen LogP contribution < -0.4 is 0 Å². The molecule has 3 rings (SSSR count). The summed E-state index contributed by atoms with van der Waals surface area (Å²) in [6, 6.07) is 13.5. The highest BCUT2D eigenvalue weighted by atomic mass is 32.2. The van der Waals surface area contributed by atoms with E-state index in [1.165, 1.54) is 11.8 Å². The van der Waals surface area contributed by atoms with Gasteiger partial charge in [-0.05, 0) is 24.3 Å². The average Bonchev–Trinajstić information content (AvgIpc) is 2.50. The number of rotatable bonds is 0. The van der Waals surface area contributed by atoms with Crippen LogP contribution in [0, 0.1) is 0 Å². The van der Waals surface area contributed by atoms with Gasteiger partial charge in [0.25, 0.3) is 0 Å². The normalized spacial score (nSPS) is 14.7. The lowest BCUT2D eigenvalue weighted by atomic mass is 10.3. The zero-order valence-corrected chi connectivity index (χ0v) is 14.8. The van der Waals surface area contributed by atoms with E-state index in [-0.39, 0.29) is 0 Å². The molecule has 0 saturated heterocycles. The minimum Gasteiger partial charge on any atom is -0.741 e. The van der Waals surface area contributed by atoms with E-state index in [4.69, 9.17) is 13.0 Å². The van der Waals surface area contributed by atoms with E-state index in [9.17, 15) is 26.3 Å². The fourth-order valence-electron chi connectivity index (χ4n) is 1.89. The van der Waals surface area contributed by atoms with Crippen molar-refractivity contribution in [3.8, 4) is 0 Å². The fraction of sp³-hybridized carbons (Fsp3) is 0.143. The van der Waals surface area contributed by atoms with Crippen LogP contribution in [-0.2, 0) is 21.0 Å². The van der Waals surface area contributed by atoms with Crippen molar-refractivity contribution in [2.45, 2.75) is 30.6 Å². The summed E-state index contributed by atoms with van der Waals surface area (Å²) < 4.78 is 98.8. The van der Waals surface area contributed by atoms with Crippen LogP contribution >= 0.6 is 11.8 Å². The number of fused-ring (bicyclic) bond motifs is 2. The second kappa shape index (κ2) is 7.33. The molecule has 2 aromatic rings. The van der Waals surface area contributed by atoms with E-state index in [1.54, 1.807) is 48.5 Å². The lowest BCUT2D eigenvalue weighted by Crippen LogP contribution is -2.26. The van der Waals surface area contributed by atoms with Gasteiger partial charge in [0.15, 0.2) is 30.8 Å². The Bertz CT molecular complexity index is 848. The standard InChI is InChI=1S/C13H8F3S2.CHF3O3S/c14-13(15,16)18-11-7-3-1-5-9(11)17-10-6-2-4-8-12(10)18;2-1(3,4)8(5,6)7/h1-8H;(H,5,6,7)/q+1;/p-1. The molecule has 142 valence electrons. The third-order valence-corrected chi connectivity index (χ3v) is 6.90. The van der Waals surface area contributed by atoms with Gasteiger partial charge in [0.1, 0.15) is 0 Å². The number of halogens is 6. The molecule has 1 aliphatic rings. The van der Waals surface area contributed by atoms with Crippen molar-refractivity contribution in [1.29, 1.82) is 0 Å². The number of hydrogen-bond acceptors (Lipinski definition) is 4. The molecule has 0 amide bonds. The molecule has 2 aromatic carbocycles. The molecular formula is C14H8F6O3S3. The Morgan fingerprint density at radius 3 is 1.46 bits per heavy atom. The maximum atomic E-state index is 13.3. The molecule has 1 heterocycles. The highest BCUT2D eigenvalue weighted by Gasteiger charge is 2.57. The molecule has 0 spiro atoms. The first-order valence-electron chi connectivity index (χ1n) is 6.51. The number of hydrogen-bond donors (Lipinski definition) is 0. The summed E-state index contributed by atoms with van der Waals surface area (Å²) in [5, 5.41) is 0. The predicted molar refractivity (Wildman–Crippen MR) is 82.7 cm³/mol. The quantitative estimate of drug-likeness (QED) is 0.260. The van der Waals surface area contributed by atoms with Gasteiger partial charge in [-0.15, -0.1) is 13.2 Å². The average molecular weight is 434 g/mol. The Hall–Kier alpha value is -1.37. The largest absolute Gasteiger partial charge is 0.741 e. The van der Waals surface area contributed by atoms with Crippen molar-refractivity contribution >= 4 is 32.8 Å². The van der Waals surface area contributed by atoms with Gasteiger partial charge in [-0.1, -0.05) is 36.0 Å². The molecule has 0 atom stereocenters. The van der Waals surface area contributed by atoms with Gasteiger partial charge in [0.05, 0.1) is 9.79 Å². The first-order chi connectivity index (χ1) is 11.8. The van der Waals surface area contributed by atoms with Gasteiger partial charge in [-0.25, -0.2) is 8.42 Å². The Morgan fingerprint density at radius 2 is 1.15 bits per heavy atom. The number of benzene rings is 2. The van der Waals surface area contributed by atoms with E-state index in [0.717, 1.165) is 0 Å². The monoisotopic (exact) mass is 434 g/mol. The van der Waals surface area contributed by atoms with E-state index in [2.05, 4.69) is 0 Å². The topological polar surface area (TPSA) is 57.2 Å². The minimum absolute atomic E-state index is 0.383. The van der Waals surface area contributed by atoms with Gasteiger partial charge in [-0.2, -0.15) is 13.2 Å². The summed E-state index contributed by atoms with van der Waals surface area (Å²) in [4.78, 5) is 2.18. The van der Waals surface area contributed by atoms with Gasteiger partial charge in [-0.3, -0.25) is 0 Å². The Labute approximate surface area is 151 Å². The molecule has 0 unspecified atom stereocenters. The molecule has 0 N–H and O–H groups in total. The first-order valence-corrected chi connectivity index (χ1v) is 9.96. The predicted octanol–water partition coefficient (Wildman–Crippen LogP) is 4.76. The Kier molecular flexibility index (Phi) is 5.90. The molecule has 0 aromatic heterocycles. The molecular weight excluding hydrogens is 426 g/mol. The minimum atomic E-state index is -6.09. The van der Waals surface area contributed by atoms with Crippen molar-refractivity contribution in [2.75, 3.05) is 0 Å². The van der Waals surface area contributed by atoms with Gasteiger partial charge >= 0.3 is 11.0 Å².